The summed E-state index contributed by atoms with van der Waals surface area (Å²) in [7, 11) is 0. The average Bonchev–Trinajstić information content (AvgIpc) is 2.83. The molecule has 0 aromatic heterocycles. The quantitative estimate of drug-likeness (QED) is 0.613. The van der Waals surface area contributed by atoms with Crippen molar-refractivity contribution in [2.24, 2.45) is 5.92 Å². The molecule has 1 fully saturated rings. The fourth-order valence-electron chi connectivity index (χ4n) is 2.55. The minimum absolute atomic E-state index is 0.173. The van der Waals surface area contributed by atoms with Crippen LogP contribution in [0.2, 0.25) is 0 Å². The first-order chi connectivity index (χ1) is 11.4. The molecule has 0 aliphatic carbocycles. The molecule has 1 amide bonds. The van der Waals surface area contributed by atoms with Crippen molar-refractivity contribution < 1.29 is 14.7 Å². The number of hydrogen-bond acceptors (Lipinski definition) is 4. The lowest BCUT2D eigenvalue weighted by Gasteiger charge is -2.27. The number of aryl methyl sites for hydroxylation is 1. The molecule has 1 aliphatic rings. The zero-order chi connectivity index (χ0) is 17.9. The van der Waals surface area contributed by atoms with Gasteiger partial charge in [0.05, 0.1) is 4.91 Å². The second-order valence-corrected chi connectivity index (χ2v) is 7.49. The third-order valence-electron chi connectivity index (χ3n) is 4.22. The Bertz CT molecular complexity index is 682. The van der Waals surface area contributed by atoms with Crippen LogP contribution in [-0.2, 0) is 16.0 Å². The first-order valence-electron chi connectivity index (χ1n) is 7.97. The van der Waals surface area contributed by atoms with Gasteiger partial charge in [-0.05, 0) is 29.5 Å². The lowest BCUT2D eigenvalue weighted by atomic mass is 9.98. The Morgan fingerprint density at radius 1 is 1.33 bits per heavy atom. The summed E-state index contributed by atoms with van der Waals surface area (Å²) in [4.78, 5) is 26.1. The van der Waals surface area contributed by atoms with Gasteiger partial charge in [-0.25, -0.2) is 4.79 Å². The SMILES string of the molecule is CCc1ccc(C=C2SC(=S)N(C(C(=O)O)C(C)CC)C2=O)cc1. The fraction of sp³-hybridized carbons (Fsp3) is 0.389. The summed E-state index contributed by atoms with van der Waals surface area (Å²) < 4.78 is 0.309. The van der Waals surface area contributed by atoms with Crippen LogP contribution in [-0.4, -0.2) is 32.2 Å². The summed E-state index contributed by atoms with van der Waals surface area (Å²) in [5.41, 5.74) is 2.13. The van der Waals surface area contributed by atoms with E-state index < -0.39 is 12.0 Å². The summed E-state index contributed by atoms with van der Waals surface area (Å²) in [6, 6.07) is 7.02. The van der Waals surface area contributed by atoms with Gasteiger partial charge >= 0.3 is 5.97 Å². The van der Waals surface area contributed by atoms with E-state index >= 15 is 0 Å². The predicted octanol–water partition coefficient (Wildman–Crippen LogP) is 3.95. The van der Waals surface area contributed by atoms with Crippen molar-refractivity contribution in [3.05, 3.63) is 40.3 Å². The molecule has 0 saturated carbocycles. The van der Waals surface area contributed by atoms with Crippen molar-refractivity contribution in [3.8, 4) is 0 Å². The van der Waals surface area contributed by atoms with Crippen molar-refractivity contribution in [1.82, 2.24) is 4.90 Å². The molecular formula is C18H21NO3S2. The molecule has 4 nitrogen and oxygen atoms in total. The predicted molar refractivity (Wildman–Crippen MR) is 102 cm³/mol. The van der Waals surface area contributed by atoms with Crippen LogP contribution < -0.4 is 0 Å². The highest BCUT2D eigenvalue weighted by atomic mass is 32.2. The van der Waals surface area contributed by atoms with E-state index in [1.54, 1.807) is 6.08 Å². The van der Waals surface area contributed by atoms with Crippen molar-refractivity contribution in [2.45, 2.75) is 39.7 Å². The van der Waals surface area contributed by atoms with E-state index in [9.17, 15) is 14.7 Å². The minimum Gasteiger partial charge on any atom is -0.480 e. The van der Waals surface area contributed by atoms with Crippen LogP contribution in [0.25, 0.3) is 6.08 Å². The number of carboxylic acids is 1. The molecule has 2 unspecified atom stereocenters. The van der Waals surface area contributed by atoms with Crippen LogP contribution in [0.3, 0.4) is 0 Å². The number of hydrogen-bond donors (Lipinski definition) is 1. The number of nitrogens with zero attached hydrogens (tertiary/aromatic N) is 1. The number of amides is 1. The topological polar surface area (TPSA) is 57.6 Å². The van der Waals surface area contributed by atoms with Crippen LogP contribution in [0.15, 0.2) is 29.2 Å². The number of aliphatic carboxylic acids is 1. The standard InChI is InChI=1S/C18H21NO3S2/c1-4-11(3)15(17(21)22)19-16(20)14(24-18(19)23)10-13-8-6-12(5-2)7-9-13/h6-11,15H,4-5H2,1-3H3,(H,21,22). The molecule has 0 spiro atoms. The van der Waals surface area contributed by atoms with Crippen molar-refractivity contribution >= 4 is 46.3 Å². The Balaban J connectivity index is 2.29. The van der Waals surface area contributed by atoms with E-state index in [2.05, 4.69) is 6.92 Å². The molecule has 0 radical (unpaired) electrons. The molecule has 1 aromatic carbocycles. The Morgan fingerprint density at radius 3 is 2.46 bits per heavy atom. The van der Waals surface area contributed by atoms with Crippen LogP contribution in [0.5, 0.6) is 0 Å². The number of carbonyl (C=O) groups excluding carboxylic acids is 1. The number of thioether (sulfide) groups is 1. The van der Waals surface area contributed by atoms with Gasteiger partial charge < -0.3 is 5.11 Å². The van der Waals surface area contributed by atoms with E-state index in [4.69, 9.17) is 12.2 Å². The maximum atomic E-state index is 12.7. The summed E-state index contributed by atoms with van der Waals surface area (Å²) >= 11 is 6.44. The second-order valence-electron chi connectivity index (χ2n) is 5.82. The van der Waals surface area contributed by atoms with Gasteiger partial charge in [-0.2, -0.15) is 0 Å². The van der Waals surface area contributed by atoms with Crippen LogP contribution in [0, 0.1) is 5.92 Å². The maximum absolute atomic E-state index is 12.7. The number of carbonyl (C=O) groups is 2. The van der Waals surface area contributed by atoms with Gasteiger partial charge in [0.25, 0.3) is 5.91 Å². The summed E-state index contributed by atoms with van der Waals surface area (Å²) in [6.45, 7) is 5.81. The molecule has 2 rings (SSSR count). The molecule has 1 heterocycles. The maximum Gasteiger partial charge on any atom is 0.327 e. The van der Waals surface area contributed by atoms with E-state index in [1.807, 2.05) is 38.1 Å². The summed E-state index contributed by atoms with van der Waals surface area (Å²) in [5.74, 6) is -1.51. The minimum atomic E-state index is -1.02. The van der Waals surface area contributed by atoms with E-state index in [1.165, 1.54) is 22.2 Å². The Labute approximate surface area is 151 Å². The van der Waals surface area contributed by atoms with Gasteiger partial charge in [0, 0.05) is 0 Å². The smallest absolute Gasteiger partial charge is 0.327 e. The van der Waals surface area contributed by atoms with E-state index in [-0.39, 0.29) is 11.8 Å². The molecule has 128 valence electrons. The highest BCUT2D eigenvalue weighted by Gasteiger charge is 2.42. The van der Waals surface area contributed by atoms with Gasteiger partial charge in [0.2, 0.25) is 0 Å². The normalized spacial score (nSPS) is 19.0. The van der Waals surface area contributed by atoms with Gasteiger partial charge in [-0.15, -0.1) is 0 Å². The lowest BCUT2D eigenvalue weighted by Crippen LogP contribution is -2.47. The third-order valence-corrected chi connectivity index (χ3v) is 5.55. The number of rotatable bonds is 6. The summed E-state index contributed by atoms with van der Waals surface area (Å²) in [6.07, 6.45) is 3.39. The van der Waals surface area contributed by atoms with Crippen LogP contribution in [0.1, 0.15) is 38.3 Å². The molecule has 0 bridgehead atoms. The fourth-order valence-corrected chi connectivity index (χ4v) is 3.88. The van der Waals surface area contributed by atoms with Crippen molar-refractivity contribution in [1.29, 1.82) is 0 Å². The van der Waals surface area contributed by atoms with Crippen LogP contribution in [0.4, 0.5) is 0 Å². The highest BCUT2D eigenvalue weighted by Crippen LogP contribution is 2.36. The summed E-state index contributed by atoms with van der Waals surface area (Å²) in [5, 5.41) is 9.52. The first-order valence-corrected chi connectivity index (χ1v) is 9.20. The molecular weight excluding hydrogens is 342 g/mol. The van der Waals surface area contributed by atoms with Gasteiger partial charge in [-0.3, -0.25) is 9.69 Å². The Kier molecular flexibility index (Phi) is 6.18. The van der Waals surface area contributed by atoms with Gasteiger partial charge in [-0.1, -0.05) is 75.4 Å². The molecule has 1 aromatic rings. The van der Waals surface area contributed by atoms with E-state index in [0.29, 0.717) is 15.6 Å². The molecule has 1 aliphatic heterocycles. The van der Waals surface area contributed by atoms with Gasteiger partial charge in [0.15, 0.2) is 0 Å². The lowest BCUT2D eigenvalue weighted by molar-refractivity contribution is -0.147. The molecule has 6 heteroatoms. The van der Waals surface area contributed by atoms with Crippen molar-refractivity contribution in [2.75, 3.05) is 0 Å². The number of thiocarbonyl (C=S) groups is 1. The molecule has 2 atom stereocenters. The van der Waals surface area contributed by atoms with E-state index in [0.717, 1.165) is 12.0 Å². The number of benzene rings is 1. The largest absolute Gasteiger partial charge is 0.480 e. The third kappa shape index (κ3) is 3.87. The Hall–Kier alpha value is -1.66. The number of carboxylic acid groups (broad SMARTS) is 1. The molecule has 1 N–H and O–H groups in total. The van der Waals surface area contributed by atoms with Crippen molar-refractivity contribution in [3.63, 3.8) is 0 Å². The average molecular weight is 364 g/mol. The Morgan fingerprint density at radius 2 is 1.96 bits per heavy atom. The second kappa shape index (κ2) is 7.94. The molecule has 24 heavy (non-hydrogen) atoms. The zero-order valence-corrected chi connectivity index (χ0v) is 15.6. The van der Waals surface area contributed by atoms with Gasteiger partial charge in [0.1, 0.15) is 10.4 Å². The zero-order valence-electron chi connectivity index (χ0n) is 14.0. The van der Waals surface area contributed by atoms with Crippen LogP contribution >= 0.6 is 24.0 Å². The monoisotopic (exact) mass is 363 g/mol. The molecule has 1 saturated heterocycles. The first kappa shape index (κ1) is 18.7. The highest BCUT2D eigenvalue weighted by molar-refractivity contribution is 8.26.